The lowest BCUT2D eigenvalue weighted by atomic mass is 10.1. The average Bonchev–Trinajstić information content (AvgIpc) is 2.89. The molecular weight excluding hydrogens is 312 g/mol. The monoisotopic (exact) mass is 330 g/mol. The van der Waals surface area contributed by atoms with E-state index in [2.05, 4.69) is 5.32 Å². The maximum absolute atomic E-state index is 12.2. The molecule has 6 heteroatoms. The van der Waals surface area contributed by atoms with E-state index in [9.17, 15) is 13.2 Å². The first-order valence-corrected chi connectivity index (χ1v) is 9.06. The first-order chi connectivity index (χ1) is 11.0. The molecule has 0 spiro atoms. The summed E-state index contributed by atoms with van der Waals surface area (Å²) in [7, 11) is -3.19. The van der Waals surface area contributed by atoms with Crippen molar-refractivity contribution in [2.24, 2.45) is 0 Å². The highest BCUT2D eigenvalue weighted by atomic mass is 32.2. The maximum Gasteiger partial charge on any atom is 0.255 e. The summed E-state index contributed by atoms with van der Waals surface area (Å²) < 4.78 is 25.4. The van der Waals surface area contributed by atoms with Crippen LogP contribution in [0.15, 0.2) is 48.5 Å². The standard InChI is InChI=1S/C17H18N2O3S/c1-13-12-15(19-10-5-11-23(19,21)22)8-9-16(13)18-17(20)14-6-3-2-4-7-14/h2-4,6-9,12H,5,10-11H2,1H3,(H,18,20). The fourth-order valence-electron chi connectivity index (χ4n) is 2.66. The number of benzene rings is 2. The highest BCUT2D eigenvalue weighted by Gasteiger charge is 2.28. The van der Waals surface area contributed by atoms with Gasteiger partial charge < -0.3 is 5.32 Å². The van der Waals surface area contributed by atoms with E-state index in [1.54, 1.807) is 30.3 Å². The predicted octanol–water partition coefficient (Wildman–Crippen LogP) is 2.79. The minimum atomic E-state index is -3.19. The lowest BCUT2D eigenvalue weighted by molar-refractivity contribution is 0.102. The average molecular weight is 330 g/mol. The molecule has 1 aliphatic heterocycles. The van der Waals surface area contributed by atoms with Crippen molar-refractivity contribution in [2.75, 3.05) is 21.9 Å². The Hall–Kier alpha value is -2.34. The van der Waals surface area contributed by atoms with E-state index < -0.39 is 10.0 Å². The second-order valence-corrected chi connectivity index (χ2v) is 7.57. The van der Waals surface area contributed by atoms with E-state index in [-0.39, 0.29) is 11.7 Å². The fourth-order valence-corrected chi connectivity index (χ4v) is 4.21. The number of sulfonamides is 1. The minimum Gasteiger partial charge on any atom is -0.322 e. The van der Waals surface area contributed by atoms with Crippen molar-refractivity contribution in [2.45, 2.75) is 13.3 Å². The molecule has 0 atom stereocenters. The molecule has 0 aromatic heterocycles. The first kappa shape index (κ1) is 15.6. The van der Waals surface area contributed by atoms with E-state index in [0.29, 0.717) is 29.9 Å². The molecule has 23 heavy (non-hydrogen) atoms. The molecule has 1 amide bonds. The number of carbonyl (C=O) groups excluding carboxylic acids is 1. The van der Waals surface area contributed by atoms with E-state index in [4.69, 9.17) is 0 Å². The molecule has 0 unspecified atom stereocenters. The number of nitrogens with one attached hydrogen (secondary N) is 1. The molecule has 5 nitrogen and oxygen atoms in total. The van der Waals surface area contributed by atoms with Gasteiger partial charge in [-0.05, 0) is 49.2 Å². The second kappa shape index (κ2) is 6.04. The molecule has 1 aliphatic rings. The van der Waals surface area contributed by atoms with Crippen molar-refractivity contribution < 1.29 is 13.2 Å². The van der Waals surface area contributed by atoms with E-state index >= 15 is 0 Å². The summed E-state index contributed by atoms with van der Waals surface area (Å²) in [4.78, 5) is 12.2. The summed E-state index contributed by atoms with van der Waals surface area (Å²) in [6.45, 7) is 2.37. The van der Waals surface area contributed by atoms with Gasteiger partial charge in [0, 0.05) is 17.8 Å². The van der Waals surface area contributed by atoms with E-state index in [1.807, 2.05) is 25.1 Å². The Balaban J connectivity index is 1.82. The van der Waals surface area contributed by atoms with Gasteiger partial charge in [0.15, 0.2) is 0 Å². The second-order valence-electron chi connectivity index (χ2n) is 5.56. The van der Waals surface area contributed by atoms with Crippen molar-refractivity contribution in [1.29, 1.82) is 0 Å². The summed E-state index contributed by atoms with van der Waals surface area (Å²) >= 11 is 0. The van der Waals surface area contributed by atoms with Crippen LogP contribution in [0.1, 0.15) is 22.3 Å². The first-order valence-electron chi connectivity index (χ1n) is 7.45. The molecule has 120 valence electrons. The molecular formula is C17H18N2O3S. The third kappa shape index (κ3) is 3.22. The Labute approximate surface area is 136 Å². The minimum absolute atomic E-state index is 0.185. The number of carbonyl (C=O) groups is 1. The molecule has 2 aromatic carbocycles. The molecule has 0 bridgehead atoms. The number of hydrogen-bond acceptors (Lipinski definition) is 3. The van der Waals surface area contributed by atoms with Crippen LogP contribution >= 0.6 is 0 Å². The van der Waals surface area contributed by atoms with E-state index in [0.717, 1.165) is 5.56 Å². The van der Waals surface area contributed by atoms with Gasteiger partial charge in [-0.2, -0.15) is 0 Å². The molecule has 1 N–H and O–H groups in total. The Morgan fingerprint density at radius 2 is 1.87 bits per heavy atom. The van der Waals surface area contributed by atoms with Gasteiger partial charge in [-0.15, -0.1) is 0 Å². The topological polar surface area (TPSA) is 66.5 Å². The van der Waals surface area contributed by atoms with Crippen LogP contribution < -0.4 is 9.62 Å². The SMILES string of the molecule is Cc1cc(N2CCCS2(=O)=O)ccc1NC(=O)c1ccccc1. The zero-order chi connectivity index (χ0) is 16.4. The summed E-state index contributed by atoms with van der Waals surface area (Å²) in [6.07, 6.45) is 0.647. The summed E-state index contributed by atoms with van der Waals surface area (Å²) in [5, 5.41) is 2.86. The Bertz CT molecular complexity index is 832. The van der Waals surface area contributed by atoms with Crippen molar-refractivity contribution >= 4 is 27.3 Å². The highest BCUT2D eigenvalue weighted by Crippen LogP contribution is 2.28. The zero-order valence-corrected chi connectivity index (χ0v) is 13.6. The van der Waals surface area contributed by atoms with Gasteiger partial charge in [0.1, 0.15) is 0 Å². The molecule has 0 radical (unpaired) electrons. The molecule has 0 aliphatic carbocycles. The van der Waals surface area contributed by atoms with Crippen LogP contribution in [0.5, 0.6) is 0 Å². The lowest BCUT2D eigenvalue weighted by Gasteiger charge is -2.18. The van der Waals surface area contributed by atoms with Gasteiger partial charge in [0.05, 0.1) is 11.4 Å². The number of amides is 1. The van der Waals surface area contributed by atoms with Gasteiger partial charge in [-0.3, -0.25) is 9.10 Å². The number of anilines is 2. The zero-order valence-electron chi connectivity index (χ0n) is 12.8. The molecule has 2 aromatic rings. The quantitative estimate of drug-likeness (QED) is 0.941. The lowest BCUT2D eigenvalue weighted by Crippen LogP contribution is -2.25. The molecule has 1 fully saturated rings. The largest absolute Gasteiger partial charge is 0.322 e. The van der Waals surface area contributed by atoms with Crippen LogP contribution in [0, 0.1) is 6.92 Å². The van der Waals surface area contributed by atoms with Crippen molar-refractivity contribution in [3.05, 3.63) is 59.7 Å². The van der Waals surface area contributed by atoms with Crippen LogP contribution in [-0.2, 0) is 10.0 Å². The van der Waals surface area contributed by atoms with E-state index in [1.165, 1.54) is 4.31 Å². The molecule has 1 heterocycles. The maximum atomic E-state index is 12.2. The van der Waals surface area contributed by atoms with Crippen LogP contribution in [0.4, 0.5) is 11.4 Å². The summed E-state index contributed by atoms with van der Waals surface area (Å²) in [6, 6.07) is 14.2. The third-order valence-electron chi connectivity index (χ3n) is 3.88. The van der Waals surface area contributed by atoms with Gasteiger partial charge in [0.2, 0.25) is 10.0 Å². The number of aryl methyl sites for hydroxylation is 1. The van der Waals surface area contributed by atoms with Crippen molar-refractivity contribution in [1.82, 2.24) is 0 Å². The Kier molecular flexibility index (Phi) is 4.09. The van der Waals surface area contributed by atoms with Crippen LogP contribution in [0.2, 0.25) is 0 Å². The van der Waals surface area contributed by atoms with Gasteiger partial charge >= 0.3 is 0 Å². The smallest absolute Gasteiger partial charge is 0.255 e. The normalized spacial score (nSPS) is 16.3. The summed E-state index contributed by atoms with van der Waals surface area (Å²) in [5.41, 5.74) is 2.74. The number of rotatable bonds is 3. The van der Waals surface area contributed by atoms with Crippen LogP contribution in [0.25, 0.3) is 0 Å². The number of nitrogens with zero attached hydrogens (tertiary/aromatic N) is 1. The predicted molar refractivity (Wildman–Crippen MR) is 91.3 cm³/mol. The Morgan fingerprint density at radius 3 is 2.48 bits per heavy atom. The Morgan fingerprint density at radius 1 is 1.13 bits per heavy atom. The van der Waals surface area contributed by atoms with Crippen LogP contribution in [-0.4, -0.2) is 26.6 Å². The molecule has 0 saturated carbocycles. The third-order valence-corrected chi connectivity index (χ3v) is 5.75. The van der Waals surface area contributed by atoms with Crippen LogP contribution in [0.3, 0.4) is 0 Å². The van der Waals surface area contributed by atoms with Gasteiger partial charge in [-0.1, -0.05) is 18.2 Å². The molecule has 3 rings (SSSR count). The fraction of sp³-hybridized carbons (Fsp3) is 0.235. The molecule has 1 saturated heterocycles. The van der Waals surface area contributed by atoms with Gasteiger partial charge in [-0.25, -0.2) is 8.42 Å². The number of hydrogen-bond donors (Lipinski definition) is 1. The van der Waals surface area contributed by atoms with Gasteiger partial charge in [0.25, 0.3) is 5.91 Å². The highest BCUT2D eigenvalue weighted by molar-refractivity contribution is 7.93. The van der Waals surface area contributed by atoms with Crippen molar-refractivity contribution in [3.63, 3.8) is 0 Å². The summed E-state index contributed by atoms with van der Waals surface area (Å²) in [5.74, 6) is 0.00804. The van der Waals surface area contributed by atoms with Crippen molar-refractivity contribution in [3.8, 4) is 0 Å².